The summed E-state index contributed by atoms with van der Waals surface area (Å²) >= 11 is 0. The van der Waals surface area contributed by atoms with Gasteiger partial charge in [0.2, 0.25) is 5.91 Å². The number of aliphatic carboxylic acids is 1. The molecule has 2 aliphatic rings. The number of carboxylic acids is 1. The number of hydrogen-bond acceptors (Lipinski definition) is 2. The SMILES string of the molecule is CC(=O)N1CC2CCCC(CC(=O)O)C2C1. The molecule has 0 aromatic heterocycles. The molecule has 0 bridgehead atoms. The van der Waals surface area contributed by atoms with Crippen molar-refractivity contribution < 1.29 is 14.7 Å². The Morgan fingerprint density at radius 1 is 1.31 bits per heavy atom. The molecule has 2 rings (SSSR count). The fourth-order valence-electron chi connectivity index (χ4n) is 3.33. The number of nitrogens with zero attached hydrogens (tertiary/aromatic N) is 1. The molecule has 3 unspecified atom stereocenters. The predicted octanol–water partition coefficient (Wildman–Crippen LogP) is 1.36. The molecule has 0 aromatic rings. The third-order valence-corrected chi connectivity index (χ3v) is 4.13. The molecular formula is C12H19NO3. The molecule has 1 saturated carbocycles. The molecule has 1 saturated heterocycles. The quantitative estimate of drug-likeness (QED) is 0.772. The predicted molar refractivity (Wildman–Crippen MR) is 58.8 cm³/mol. The highest BCUT2D eigenvalue weighted by atomic mass is 16.4. The first-order chi connectivity index (χ1) is 7.58. The van der Waals surface area contributed by atoms with Gasteiger partial charge in [-0.25, -0.2) is 0 Å². The molecule has 2 fully saturated rings. The van der Waals surface area contributed by atoms with E-state index in [-0.39, 0.29) is 18.2 Å². The monoisotopic (exact) mass is 225 g/mol. The minimum atomic E-state index is -0.702. The van der Waals surface area contributed by atoms with Crippen molar-refractivity contribution in [3.63, 3.8) is 0 Å². The van der Waals surface area contributed by atoms with E-state index in [9.17, 15) is 9.59 Å². The van der Waals surface area contributed by atoms with Crippen LogP contribution in [0.15, 0.2) is 0 Å². The van der Waals surface area contributed by atoms with E-state index in [0.717, 1.165) is 32.4 Å². The van der Waals surface area contributed by atoms with E-state index in [1.165, 1.54) is 0 Å². The van der Waals surface area contributed by atoms with Crippen molar-refractivity contribution in [2.24, 2.45) is 17.8 Å². The van der Waals surface area contributed by atoms with Crippen LogP contribution in [0.2, 0.25) is 0 Å². The van der Waals surface area contributed by atoms with Crippen LogP contribution in [0.25, 0.3) is 0 Å². The largest absolute Gasteiger partial charge is 0.481 e. The average Bonchev–Trinajstić information content (AvgIpc) is 2.61. The number of carbonyl (C=O) groups is 2. The second-order valence-electron chi connectivity index (χ2n) is 5.14. The zero-order valence-electron chi connectivity index (χ0n) is 9.69. The summed E-state index contributed by atoms with van der Waals surface area (Å²) in [5.74, 6) is 0.673. The average molecular weight is 225 g/mol. The number of amides is 1. The van der Waals surface area contributed by atoms with E-state index in [1.54, 1.807) is 6.92 Å². The highest BCUT2D eigenvalue weighted by Gasteiger charge is 2.41. The Kier molecular flexibility index (Phi) is 3.17. The van der Waals surface area contributed by atoms with E-state index in [4.69, 9.17) is 5.11 Å². The van der Waals surface area contributed by atoms with E-state index >= 15 is 0 Å². The summed E-state index contributed by atoms with van der Waals surface area (Å²) in [5, 5.41) is 8.88. The standard InChI is InChI=1S/C12H19NO3/c1-8(14)13-6-10-4-2-3-9(5-12(15)16)11(10)7-13/h9-11H,2-7H2,1H3,(H,15,16). The van der Waals surface area contributed by atoms with Crippen LogP contribution in [0, 0.1) is 17.8 Å². The first kappa shape index (κ1) is 11.4. The lowest BCUT2D eigenvalue weighted by Gasteiger charge is -2.31. The Morgan fingerprint density at radius 2 is 2.06 bits per heavy atom. The molecule has 4 heteroatoms. The van der Waals surface area contributed by atoms with E-state index < -0.39 is 5.97 Å². The first-order valence-electron chi connectivity index (χ1n) is 6.05. The van der Waals surface area contributed by atoms with Gasteiger partial charge in [-0.05, 0) is 30.6 Å². The normalized spacial score (nSPS) is 33.6. The maximum absolute atomic E-state index is 11.3. The molecule has 0 spiro atoms. The van der Waals surface area contributed by atoms with Crippen molar-refractivity contribution in [2.75, 3.05) is 13.1 Å². The van der Waals surface area contributed by atoms with Crippen molar-refractivity contribution in [1.82, 2.24) is 4.90 Å². The van der Waals surface area contributed by atoms with Gasteiger partial charge in [0.1, 0.15) is 0 Å². The maximum atomic E-state index is 11.3. The number of carbonyl (C=O) groups excluding carboxylic acids is 1. The van der Waals surface area contributed by atoms with Crippen molar-refractivity contribution >= 4 is 11.9 Å². The molecule has 0 aromatic carbocycles. The molecule has 0 radical (unpaired) electrons. The highest BCUT2D eigenvalue weighted by Crippen LogP contribution is 2.41. The van der Waals surface area contributed by atoms with Crippen LogP contribution in [0.4, 0.5) is 0 Å². The van der Waals surface area contributed by atoms with Gasteiger partial charge < -0.3 is 10.0 Å². The summed E-state index contributed by atoms with van der Waals surface area (Å²) in [6.07, 6.45) is 3.56. The van der Waals surface area contributed by atoms with Crippen LogP contribution < -0.4 is 0 Å². The summed E-state index contributed by atoms with van der Waals surface area (Å²) in [5.41, 5.74) is 0. The third-order valence-electron chi connectivity index (χ3n) is 4.13. The zero-order chi connectivity index (χ0) is 11.7. The molecule has 1 N–H and O–H groups in total. The highest BCUT2D eigenvalue weighted by molar-refractivity contribution is 5.73. The van der Waals surface area contributed by atoms with Gasteiger partial charge in [-0.2, -0.15) is 0 Å². The minimum absolute atomic E-state index is 0.128. The van der Waals surface area contributed by atoms with Gasteiger partial charge >= 0.3 is 5.97 Å². The van der Waals surface area contributed by atoms with Crippen molar-refractivity contribution in [1.29, 1.82) is 0 Å². The van der Waals surface area contributed by atoms with Crippen LogP contribution in [0.5, 0.6) is 0 Å². The van der Waals surface area contributed by atoms with Crippen LogP contribution in [-0.2, 0) is 9.59 Å². The van der Waals surface area contributed by atoms with Crippen LogP contribution in [0.3, 0.4) is 0 Å². The number of fused-ring (bicyclic) bond motifs is 1. The van der Waals surface area contributed by atoms with Gasteiger partial charge in [-0.1, -0.05) is 6.42 Å². The molecule has 1 amide bonds. The molecule has 1 aliphatic carbocycles. The smallest absolute Gasteiger partial charge is 0.303 e. The van der Waals surface area contributed by atoms with Gasteiger partial charge in [0, 0.05) is 26.4 Å². The number of likely N-dealkylation sites (tertiary alicyclic amines) is 1. The Balaban J connectivity index is 2.03. The van der Waals surface area contributed by atoms with Crippen molar-refractivity contribution in [2.45, 2.75) is 32.6 Å². The molecular weight excluding hydrogens is 206 g/mol. The molecule has 16 heavy (non-hydrogen) atoms. The number of rotatable bonds is 2. The first-order valence-corrected chi connectivity index (χ1v) is 6.05. The van der Waals surface area contributed by atoms with Gasteiger partial charge in [0.05, 0.1) is 0 Å². The van der Waals surface area contributed by atoms with Crippen LogP contribution >= 0.6 is 0 Å². The topological polar surface area (TPSA) is 57.6 Å². The number of carboxylic acid groups (broad SMARTS) is 1. The molecule has 90 valence electrons. The summed E-state index contributed by atoms with van der Waals surface area (Å²) < 4.78 is 0. The second kappa shape index (κ2) is 4.44. The fraction of sp³-hybridized carbons (Fsp3) is 0.833. The van der Waals surface area contributed by atoms with Crippen LogP contribution in [0.1, 0.15) is 32.6 Å². The summed E-state index contributed by atoms with van der Waals surface area (Å²) in [7, 11) is 0. The zero-order valence-corrected chi connectivity index (χ0v) is 9.69. The molecule has 1 aliphatic heterocycles. The summed E-state index contributed by atoms with van der Waals surface area (Å²) in [6.45, 7) is 3.22. The second-order valence-corrected chi connectivity index (χ2v) is 5.14. The fourth-order valence-corrected chi connectivity index (χ4v) is 3.33. The van der Waals surface area contributed by atoms with E-state index in [0.29, 0.717) is 11.8 Å². The Labute approximate surface area is 95.6 Å². The lowest BCUT2D eigenvalue weighted by Crippen LogP contribution is -2.29. The minimum Gasteiger partial charge on any atom is -0.481 e. The Morgan fingerprint density at radius 3 is 2.69 bits per heavy atom. The summed E-state index contributed by atoms with van der Waals surface area (Å²) in [4.78, 5) is 24.0. The molecule has 4 nitrogen and oxygen atoms in total. The lowest BCUT2D eigenvalue weighted by atomic mass is 9.72. The third kappa shape index (κ3) is 2.20. The Hall–Kier alpha value is -1.06. The van der Waals surface area contributed by atoms with Gasteiger partial charge in [-0.15, -0.1) is 0 Å². The lowest BCUT2D eigenvalue weighted by molar-refractivity contribution is -0.139. The number of hydrogen-bond donors (Lipinski definition) is 1. The van der Waals surface area contributed by atoms with Crippen molar-refractivity contribution in [3.8, 4) is 0 Å². The van der Waals surface area contributed by atoms with Gasteiger partial charge in [-0.3, -0.25) is 9.59 Å². The van der Waals surface area contributed by atoms with Crippen molar-refractivity contribution in [3.05, 3.63) is 0 Å². The van der Waals surface area contributed by atoms with Crippen LogP contribution in [-0.4, -0.2) is 35.0 Å². The summed E-state index contributed by atoms with van der Waals surface area (Å²) in [6, 6.07) is 0. The maximum Gasteiger partial charge on any atom is 0.303 e. The van der Waals surface area contributed by atoms with E-state index in [1.807, 2.05) is 4.90 Å². The van der Waals surface area contributed by atoms with Gasteiger partial charge in [0.25, 0.3) is 0 Å². The van der Waals surface area contributed by atoms with Gasteiger partial charge in [0.15, 0.2) is 0 Å². The molecule has 3 atom stereocenters. The van der Waals surface area contributed by atoms with E-state index in [2.05, 4.69) is 0 Å². The molecule has 1 heterocycles. The Bertz CT molecular complexity index is 303.